The van der Waals surface area contributed by atoms with Crippen LogP contribution in [0.5, 0.6) is 5.75 Å². The number of carbonyl (C=O) groups is 1. The molecule has 2 heterocycles. The Morgan fingerprint density at radius 2 is 2.04 bits per heavy atom. The number of rotatable bonds is 2. The number of benzene rings is 2. The largest absolute Gasteiger partial charge is 0.497 e. The van der Waals surface area contributed by atoms with Gasteiger partial charge < -0.3 is 14.5 Å². The summed E-state index contributed by atoms with van der Waals surface area (Å²) in [6.07, 6.45) is 2.86. The lowest BCUT2D eigenvalue weighted by atomic mass is 9.97. The van der Waals surface area contributed by atoms with E-state index in [1.807, 2.05) is 17.0 Å². The topological polar surface area (TPSA) is 32.8 Å². The summed E-state index contributed by atoms with van der Waals surface area (Å²) in [6.45, 7) is 0.737. The highest BCUT2D eigenvalue weighted by Crippen LogP contribution is 2.41. The fraction of sp³-hybridized carbons (Fsp3) is 0.316. The van der Waals surface area contributed by atoms with Gasteiger partial charge in [-0.15, -0.1) is 0 Å². The Hall–Kier alpha value is -2.56. The van der Waals surface area contributed by atoms with Crippen LogP contribution in [0.25, 0.3) is 0 Å². The van der Waals surface area contributed by atoms with E-state index < -0.39 is 0 Å². The van der Waals surface area contributed by atoms with Crippen molar-refractivity contribution in [3.63, 3.8) is 0 Å². The number of hydrogen-bond donors (Lipinski definition) is 0. The lowest BCUT2D eigenvalue weighted by Crippen LogP contribution is -2.55. The van der Waals surface area contributed by atoms with Crippen LogP contribution in [0.4, 0.5) is 15.8 Å². The molecular formula is C19H19FN2O2. The summed E-state index contributed by atoms with van der Waals surface area (Å²) >= 11 is 0. The van der Waals surface area contributed by atoms with Crippen LogP contribution >= 0.6 is 0 Å². The van der Waals surface area contributed by atoms with Gasteiger partial charge in [0.25, 0.3) is 5.91 Å². The monoisotopic (exact) mass is 326 g/mol. The van der Waals surface area contributed by atoms with E-state index in [9.17, 15) is 9.18 Å². The SMILES string of the molecule is COc1ccc2c(c1)N(c1cccc(F)c1)C1CCCCN1C2=O. The average molecular weight is 326 g/mol. The van der Waals surface area contributed by atoms with Gasteiger partial charge in [-0.2, -0.15) is 0 Å². The Balaban J connectivity index is 1.91. The summed E-state index contributed by atoms with van der Waals surface area (Å²) in [5.74, 6) is 0.452. The van der Waals surface area contributed by atoms with Gasteiger partial charge in [-0.05, 0) is 49.6 Å². The van der Waals surface area contributed by atoms with Crippen molar-refractivity contribution in [1.82, 2.24) is 4.90 Å². The molecule has 24 heavy (non-hydrogen) atoms. The number of ether oxygens (including phenoxy) is 1. The Kier molecular flexibility index (Phi) is 3.63. The molecule has 2 aliphatic rings. The molecule has 2 aromatic rings. The van der Waals surface area contributed by atoms with Gasteiger partial charge >= 0.3 is 0 Å². The molecule has 1 saturated heterocycles. The maximum atomic E-state index is 13.8. The van der Waals surface area contributed by atoms with Crippen LogP contribution in [0, 0.1) is 5.82 Å². The van der Waals surface area contributed by atoms with Gasteiger partial charge in [-0.1, -0.05) is 6.07 Å². The molecule has 1 fully saturated rings. The Bertz CT molecular complexity index is 793. The molecule has 4 rings (SSSR count). The van der Waals surface area contributed by atoms with Crippen LogP contribution in [-0.4, -0.2) is 30.6 Å². The van der Waals surface area contributed by atoms with Crippen molar-refractivity contribution in [3.05, 3.63) is 53.8 Å². The first-order valence-electron chi connectivity index (χ1n) is 8.23. The number of piperidine rings is 1. The van der Waals surface area contributed by atoms with Crippen LogP contribution in [-0.2, 0) is 0 Å². The summed E-state index contributed by atoms with van der Waals surface area (Å²) in [5, 5.41) is 0. The third-order valence-corrected chi connectivity index (χ3v) is 4.81. The van der Waals surface area contributed by atoms with E-state index in [2.05, 4.69) is 4.90 Å². The third-order valence-electron chi connectivity index (χ3n) is 4.81. The first kappa shape index (κ1) is 15.0. The predicted octanol–water partition coefficient (Wildman–Crippen LogP) is 3.94. The molecule has 0 aliphatic carbocycles. The minimum absolute atomic E-state index is 0.0463. The Labute approximate surface area is 140 Å². The zero-order valence-electron chi connectivity index (χ0n) is 13.5. The van der Waals surface area contributed by atoms with Crippen molar-refractivity contribution in [3.8, 4) is 5.75 Å². The molecule has 0 aromatic heterocycles. The van der Waals surface area contributed by atoms with Gasteiger partial charge in [0.05, 0.1) is 18.4 Å². The first-order chi connectivity index (χ1) is 11.7. The maximum absolute atomic E-state index is 13.8. The standard InChI is InChI=1S/C19H19FN2O2/c1-24-15-8-9-16-17(12-15)22(14-6-4-5-13(20)11-14)18-7-2-3-10-21(18)19(16)23/h4-6,8-9,11-12,18H,2-3,7,10H2,1H3. The van der Waals surface area contributed by atoms with Gasteiger partial charge in [-0.25, -0.2) is 4.39 Å². The van der Waals surface area contributed by atoms with Crippen LogP contribution in [0.15, 0.2) is 42.5 Å². The molecule has 1 unspecified atom stereocenters. The fourth-order valence-electron chi connectivity index (χ4n) is 3.69. The third kappa shape index (κ3) is 2.31. The number of anilines is 2. The highest BCUT2D eigenvalue weighted by Gasteiger charge is 2.39. The quantitative estimate of drug-likeness (QED) is 0.838. The van der Waals surface area contributed by atoms with E-state index in [0.717, 1.165) is 37.2 Å². The molecular weight excluding hydrogens is 307 g/mol. The summed E-state index contributed by atoms with van der Waals surface area (Å²) in [4.78, 5) is 16.9. The number of methoxy groups -OCH3 is 1. The van der Waals surface area contributed by atoms with Crippen LogP contribution in [0.2, 0.25) is 0 Å². The molecule has 1 amide bonds. The lowest BCUT2D eigenvalue weighted by molar-refractivity contribution is 0.0598. The van der Waals surface area contributed by atoms with Gasteiger partial charge in [0.2, 0.25) is 0 Å². The molecule has 124 valence electrons. The molecule has 0 bridgehead atoms. The van der Waals surface area contributed by atoms with Crippen molar-refractivity contribution in [2.24, 2.45) is 0 Å². The van der Waals surface area contributed by atoms with Crippen molar-refractivity contribution in [2.75, 3.05) is 18.6 Å². The summed E-state index contributed by atoms with van der Waals surface area (Å²) < 4.78 is 19.1. The van der Waals surface area contributed by atoms with Gasteiger partial charge in [0, 0.05) is 18.3 Å². The number of halogens is 1. The summed E-state index contributed by atoms with van der Waals surface area (Å²) in [5.41, 5.74) is 2.18. The number of amides is 1. The molecule has 5 heteroatoms. The zero-order valence-corrected chi connectivity index (χ0v) is 13.5. The number of hydrogen-bond acceptors (Lipinski definition) is 3. The average Bonchev–Trinajstić information content (AvgIpc) is 2.61. The second-order valence-corrected chi connectivity index (χ2v) is 6.21. The summed E-state index contributed by atoms with van der Waals surface area (Å²) in [7, 11) is 1.60. The molecule has 0 radical (unpaired) electrons. The Morgan fingerprint density at radius 3 is 2.83 bits per heavy atom. The second kappa shape index (κ2) is 5.82. The lowest BCUT2D eigenvalue weighted by Gasteiger charge is -2.48. The molecule has 2 aromatic carbocycles. The van der Waals surface area contributed by atoms with Crippen LogP contribution in [0.3, 0.4) is 0 Å². The smallest absolute Gasteiger partial charge is 0.257 e. The molecule has 0 N–H and O–H groups in total. The first-order valence-corrected chi connectivity index (χ1v) is 8.23. The minimum atomic E-state index is -0.281. The highest BCUT2D eigenvalue weighted by atomic mass is 19.1. The molecule has 1 atom stereocenters. The number of nitrogens with zero attached hydrogens (tertiary/aromatic N) is 2. The van der Waals surface area contributed by atoms with Crippen molar-refractivity contribution in [1.29, 1.82) is 0 Å². The minimum Gasteiger partial charge on any atom is -0.497 e. The maximum Gasteiger partial charge on any atom is 0.257 e. The van der Waals surface area contributed by atoms with Gasteiger partial charge in [0.1, 0.15) is 17.7 Å². The van der Waals surface area contributed by atoms with E-state index in [0.29, 0.717) is 11.3 Å². The van der Waals surface area contributed by atoms with E-state index >= 15 is 0 Å². The van der Waals surface area contributed by atoms with E-state index in [1.54, 1.807) is 25.3 Å². The number of fused-ring (bicyclic) bond motifs is 2. The van der Waals surface area contributed by atoms with Crippen molar-refractivity contribution in [2.45, 2.75) is 25.4 Å². The van der Waals surface area contributed by atoms with Gasteiger partial charge in [0.15, 0.2) is 0 Å². The van der Waals surface area contributed by atoms with Crippen molar-refractivity contribution >= 4 is 17.3 Å². The molecule has 2 aliphatic heterocycles. The summed E-state index contributed by atoms with van der Waals surface area (Å²) in [6, 6.07) is 12.0. The number of carbonyl (C=O) groups excluding carboxylic acids is 1. The van der Waals surface area contributed by atoms with Crippen LogP contribution in [0.1, 0.15) is 29.6 Å². The van der Waals surface area contributed by atoms with E-state index in [4.69, 9.17) is 4.74 Å². The molecule has 4 nitrogen and oxygen atoms in total. The van der Waals surface area contributed by atoms with Crippen LogP contribution < -0.4 is 9.64 Å². The molecule has 0 spiro atoms. The Morgan fingerprint density at radius 1 is 1.17 bits per heavy atom. The highest BCUT2D eigenvalue weighted by molar-refractivity contribution is 6.03. The predicted molar refractivity (Wildman–Crippen MR) is 90.2 cm³/mol. The van der Waals surface area contributed by atoms with Crippen molar-refractivity contribution < 1.29 is 13.9 Å². The van der Waals surface area contributed by atoms with E-state index in [1.165, 1.54) is 12.1 Å². The second-order valence-electron chi connectivity index (χ2n) is 6.21. The molecule has 0 saturated carbocycles. The van der Waals surface area contributed by atoms with Gasteiger partial charge in [-0.3, -0.25) is 4.79 Å². The fourth-order valence-corrected chi connectivity index (χ4v) is 3.69. The normalized spacial score (nSPS) is 19.8. The zero-order chi connectivity index (χ0) is 16.7. The van der Waals surface area contributed by atoms with E-state index in [-0.39, 0.29) is 17.9 Å².